The van der Waals surface area contributed by atoms with Crippen molar-refractivity contribution in [3.8, 4) is 17.0 Å². The molecule has 3 aromatic heterocycles. The lowest BCUT2D eigenvalue weighted by atomic mass is 9.94. The molecule has 0 atom stereocenters. The number of nitrogens with two attached hydrogens (primary N) is 1. The van der Waals surface area contributed by atoms with Gasteiger partial charge >= 0.3 is 6.08 Å². The maximum Gasteiger partial charge on any atom is 0.312 e. The topological polar surface area (TPSA) is 120 Å². The van der Waals surface area contributed by atoms with Gasteiger partial charge in [0, 0.05) is 24.7 Å². The molecule has 0 spiro atoms. The number of piperidine rings is 1. The normalized spacial score (nSPS) is 14.7. The van der Waals surface area contributed by atoms with Crippen LogP contribution < -0.4 is 15.8 Å². The van der Waals surface area contributed by atoms with E-state index >= 15 is 0 Å². The van der Waals surface area contributed by atoms with Crippen molar-refractivity contribution in [3.05, 3.63) is 47.9 Å². The van der Waals surface area contributed by atoms with E-state index in [-0.39, 0.29) is 5.82 Å². The van der Waals surface area contributed by atoms with E-state index in [2.05, 4.69) is 25.5 Å². The molecule has 0 amide bonds. The van der Waals surface area contributed by atoms with Gasteiger partial charge in [-0.05, 0) is 68.1 Å². The number of fused-ring (bicyclic) bond motifs is 1. The molecule has 9 nitrogen and oxygen atoms in total. The van der Waals surface area contributed by atoms with Crippen LogP contribution in [-0.4, -0.2) is 49.9 Å². The summed E-state index contributed by atoms with van der Waals surface area (Å²) in [6, 6.07) is 7.82. The quantitative estimate of drug-likeness (QED) is 0.370. The number of hydrogen-bond donors (Lipinski definition) is 3. The zero-order chi connectivity index (χ0) is 22.8. The second kappa shape index (κ2) is 9.14. The van der Waals surface area contributed by atoms with Gasteiger partial charge in [0.2, 0.25) is 0 Å². The fraction of sp³-hybridized carbons (Fsp3) is 0.391. The average Bonchev–Trinajstić information content (AvgIpc) is 3.47. The summed E-state index contributed by atoms with van der Waals surface area (Å²) in [6.45, 7) is 2.75. The first-order valence-corrected chi connectivity index (χ1v) is 11.2. The molecular formula is C23H27FN8O. The van der Waals surface area contributed by atoms with E-state index in [1.165, 1.54) is 0 Å². The molecule has 4 heterocycles. The molecule has 33 heavy (non-hydrogen) atoms. The van der Waals surface area contributed by atoms with Crippen molar-refractivity contribution in [1.82, 2.24) is 35.0 Å². The highest BCUT2D eigenvalue weighted by atomic mass is 19.1. The number of benzene rings is 1. The van der Waals surface area contributed by atoms with Gasteiger partial charge in [0.05, 0.1) is 12.8 Å². The van der Waals surface area contributed by atoms with Crippen LogP contribution in [0.25, 0.3) is 22.4 Å². The number of nitrogens with one attached hydrogen (secondary N) is 2. The van der Waals surface area contributed by atoms with E-state index in [0.717, 1.165) is 60.7 Å². The van der Waals surface area contributed by atoms with Gasteiger partial charge in [0.1, 0.15) is 11.6 Å². The van der Waals surface area contributed by atoms with Crippen LogP contribution in [0.2, 0.25) is 0 Å². The number of H-pyrrole nitrogens is 1. The van der Waals surface area contributed by atoms with Gasteiger partial charge in [-0.3, -0.25) is 5.10 Å². The Hall–Kier alpha value is -3.53. The number of anilines is 1. The van der Waals surface area contributed by atoms with Gasteiger partial charge < -0.3 is 20.4 Å². The number of aromatic amines is 1. The van der Waals surface area contributed by atoms with Crippen molar-refractivity contribution in [1.29, 1.82) is 0 Å². The number of nitrogens with zero attached hydrogens (tertiary/aromatic N) is 5. The Balaban J connectivity index is 1.56. The molecular weight excluding hydrogens is 423 g/mol. The minimum Gasteiger partial charge on any atom is -0.497 e. The molecule has 172 valence electrons. The summed E-state index contributed by atoms with van der Waals surface area (Å²) in [5.41, 5.74) is 9.79. The van der Waals surface area contributed by atoms with Crippen molar-refractivity contribution in [2.75, 3.05) is 25.9 Å². The Morgan fingerprint density at radius 1 is 1.18 bits per heavy atom. The first-order chi connectivity index (χ1) is 16.1. The summed E-state index contributed by atoms with van der Waals surface area (Å²) >= 11 is 0. The third-order valence-electron chi connectivity index (χ3n) is 6.34. The van der Waals surface area contributed by atoms with Crippen molar-refractivity contribution in [3.63, 3.8) is 0 Å². The highest BCUT2D eigenvalue weighted by Crippen LogP contribution is 2.30. The summed E-state index contributed by atoms with van der Waals surface area (Å²) in [4.78, 5) is 12.5. The Kier molecular flexibility index (Phi) is 5.91. The molecule has 10 heteroatoms. The zero-order valence-electron chi connectivity index (χ0n) is 18.5. The molecule has 5 rings (SSSR count). The Morgan fingerprint density at radius 3 is 2.79 bits per heavy atom. The number of hydrogen-bond acceptors (Lipinski definition) is 7. The smallest absolute Gasteiger partial charge is 0.312 e. The maximum atomic E-state index is 14.1. The van der Waals surface area contributed by atoms with Crippen LogP contribution in [-0.2, 0) is 13.0 Å². The lowest BCUT2D eigenvalue weighted by Crippen LogP contribution is -2.28. The molecule has 1 fully saturated rings. The van der Waals surface area contributed by atoms with Crippen LogP contribution in [0.5, 0.6) is 5.75 Å². The summed E-state index contributed by atoms with van der Waals surface area (Å²) in [6.07, 6.45) is 4.61. The van der Waals surface area contributed by atoms with Crippen molar-refractivity contribution in [2.45, 2.75) is 32.2 Å². The van der Waals surface area contributed by atoms with Crippen LogP contribution in [0, 0.1) is 12.0 Å². The van der Waals surface area contributed by atoms with Crippen LogP contribution in [0.3, 0.4) is 0 Å². The summed E-state index contributed by atoms with van der Waals surface area (Å²) < 4.78 is 21.5. The van der Waals surface area contributed by atoms with Crippen molar-refractivity contribution >= 4 is 17.0 Å². The summed E-state index contributed by atoms with van der Waals surface area (Å²) in [5.74, 6) is 2.17. The molecule has 0 saturated carbocycles. The fourth-order valence-corrected chi connectivity index (χ4v) is 4.57. The number of methoxy groups -OCH3 is 1. The molecule has 1 saturated heterocycles. The van der Waals surface area contributed by atoms with Crippen molar-refractivity contribution in [2.24, 2.45) is 5.92 Å². The highest BCUT2D eigenvalue weighted by molar-refractivity contribution is 5.82. The van der Waals surface area contributed by atoms with E-state index in [9.17, 15) is 4.39 Å². The molecule has 1 aliphatic heterocycles. The lowest BCUT2D eigenvalue weighted by molar-refractivity contribution is 0.337. The summed E-state index contributed by atoms with van der Waals surface area (Å²) in [5, 5.41) is 10.5. The zero-order valence-corrected chi connectivity index (χ0v) is 18.5. The SMILES string of the molecule is COc1ccc(-c2ccn[nH]2)c(Cc2nc3c(N)nc(F)nc3n2CCC2CCNCC2)c1. The minimum absolute atomic E-state index is 0.0544. The van der Waals surface area contributed by atoms with E-state index in [1.807, 2.05) is 28.8 Å². The highest BCUT2D eigenvalue weighted by Gasteiger charge is 2.21. The second-order valence-electron chi connectivity index (χ2n) is 8.38. The average molecular weight is 451 g/mol. The number of halogens is 1. The number of imidazole rings is 1. The standard InChI is InChI=1S/C23H27FN8O/c1-33-16-2-3-17(18-6-10-27-31-18)15(12-16)13-19-28-20-21(25)29-23(24)30-22(20)32(19)11-7-14-4-8-26-9-5-14/h2-3,6,10,12,14,26H,4-5,7-9,11,13H2,1H3,(H,27,31)(H2,25,29,30). The van der Waals surface area contributed by atoms with Gasteiger partial charge in [-0.25, -0.2) is 4.98 Å². The molecule has 4 aromatic rings. The predicted molar refractivity (Wildman–Crippen MR) is 123 cm³/mol. The Morgan fingerprint density at radius 2 is 2.03 bits per heavy atom. The van der Waals surface area contributed by atoms with E-state index in [4.69, 9.17) is 15.5 Å². The van der Waals surface area contributed by atoms with Gasteiger partial charge in [0.25, 0.3) is 0 Å². The second-order valence-corrected chi connectivity index (χ2v) is 8.38. The number of nitrogen functional groups attached to an aromatic ring is 1. The predicted octanol–water partition coefficient (Wildman–Crippen LogP) is 2.93. The largest absolute Gasteiger partial charge is 0.497 e. The van der Waals surface area contributed by atoms with Crippen LogP contribution in [0.4, 0.5) is 10.2 Å². The fourth-order valence-electron chi connectivity index (χ4n) is 4.57. The van der Waals surface area contributed by atoms with E-state index in [0.29, 0.717) is 30.0 Å². The summed E-state index contributed by atoms with van der Waals surface area (Å²) in [7, 11) is 1.64. The van der Waals surface area contributed by atoms with Crippen LogP contribution in [0.1, 0.15) is 30.7 Å². The first-order valence-electron chi connectivity index (χ1n) is 11.2. The number of ether oxygens (including phenoxy) is 1. The molecule has 0 radical (unpaired) electrons. The van der Waals surface area contributed by atoms with Gasteiger partial charge in [0.15, 0.2) is 17.0 Å². The van der Waals surface area contributed by atoms with E-state index < -0.39 is 6.08 Å². The number of rotatable bonds is 7. The lowest BCUT2D eigenvalue weighted by Gasteiger charge is -2.23. The molecule has 4 N–H and O–H groups in total. The molecule has 1 aromatic carbocycles. The Labute approximate surface area is 190 Å². The minimum atomic E-state index is -0.839. The van der Waals surface area contributed by atoms with Crippen LogP contribution >= 0.6 is 0 Å². The Bertz CT molecular complexity index is 1250. The van der Waals surface area contributed by atoms with Gasteiger partial charge in [-0.15, -0.1) is 0 Å². The number of aryl methyl sites for hydroxylation is 1. The number of aromatic nitrogens is 6. The van der Waals surface area contributed by atoms with Gasteiger partial charge in [-0.1, -0.05) is 0 Å². The first kappa shape index (κ1) is 21.3. The monoisotopic (exact) mass is 450 g/mol. The van der Waals surface area contributed by atoms with Crippen LogP contribution in [0.15, 0.2) is 30.5 Å². The third kappa shape index (κ3) is 4.38. The molecule has 0 unspecified atom stereocenters. The maximum absolute atomic E-state index is 14.1. The van der Waals surface area contributed by atoms with E-state index in [1.54, 1.807) is 13.3 Å². The van der Waals surface area contributed by atoms with Crippen molar-refractivity contribution < 1.29 is 9.13 Å². The molecule has 0 bridgehead atoms. The molecule has 0 aliphatic carbocycles. The van der Waals surface area contributed by atoms with Gasteiger partial charge in [-0.2, -0.15) is 19.5 Å². The molecule has 1 aliphatic rings. The third-order valence-corrected chi connectivity index (χ3v) is 6.34.